The van der Waals surface area contributed by atoms with Gasteiger partial charge in [0, 0.05) is 0 Å². The van der Waals surface area contributed by atoms with Crippen LogP contribution in [-0.4, -0.2) is 0 Å². The van der Waals surface area contributed by atoms with Crippen LogP contribution in [0.2, 0.25) is 0 Å². The van der Waals surface area contributed by atoms with Gasteiger partial charge in [-0.15, -0.1) is 0 Å². The Morgan fingerprint density at radius 3 is 1.67 bits per heavy atom. The summed E-state index contributed by atoms with van der Waals surface area (Å²) in [5.74, 6) is 0. The lowest BCUT2D eigenvalue weighted by atomic mass is 10.0. The second-order valence-electron chi connectivity index (χ2n) is 3.66. The van der Waals surface area contributed by atoms with Crippen LogP contribution in [0.1, 0.15) is 68.7 Å². The van der Waals surface area contributed by atoms with Gasteiger partial charge >= 0.3 is 0 Å². The summed E-state index contributed by atoms with van der Waals surface area (Å²) in [6, 6.07) is 0. The minimum absolute atomic E-state index is 1.09. The van der Waals surface area contributed by atoms with Crippen LogP contribution < -0.4 is 0 Å². The topological polar surface area (TPSA) is 0 Å². The monoisotopic (exact) mass is 250 g/mol. The molecular weight excluding hydrogens is 216 g/mol. The second-order valence-corrected chi connectivity index (χ2v) is 3.66. The first-order valence-corrected chi connectivity index (χ1v) is 7.25. The van der Waals surface area contributed by atoms with Crippen molar-refractivity contribution in [3.05, 3.63) is 47.1 Å². The summed E-state index contributed by atoms with van der Waals surface area (Å²) in [5, 5.41) is 0. The van der Waals surface area contributed by atoms with Gasteiger partial charge in [0.05, 0.1) is 0 Å². The lowest BCUT2D eigenvalue weighted by Crippen LogP contribution is -1.82. The van der Waals surface area contributed by atoms with Crippen molar-refractivity contribution in [3.63, 3.8) is 0 Å². The highest BCUT2D eigenvalue weighted by Gasteiger charge is 1.93. The zero-order valence-electron chi connectivity index (χ0n) is 14.1. The Morgan fingerprint density at radius 2 is 1.33 bits per heavy atom. The van der Waals surface area contributed by atoms with Gasteiger partial charge in [-0.25, -0.2) is 0 Å². The largest absolute Gasteiger partial charge is 0.0877 e. The summed E-state index contributed by atoms with van der Waals surface area (Å²) < 4.78 is 0. The Bertz CT molecular complexity index is 268. The molecule has 0 spiro atoms. The molecule has 0 radical (unpaired) electrons. The molecule has 0 atom stereocenters. The predicted molar refractivity (Wildman–Crippen MR) is 89.1 cm³/mol. The Labute approximate surface area is 116 Å². The minimum Gasteiger partial charge on any atom is -0.0877 e. The van der Waals surface area contributed by atoms with E-state index in [0.29, 0.717) is 0 Å². The molecule has 106 valence electrons. The smallest absolute Gasteiger partial charge is 0.0305 e. The standard InChI is InChI=1S/C14H22.2C2H6/c1-6-8-9-14(7-2)13(5)11-10-12(3)4;2*1-2/h6,8-11H,7H2,1-5H3;2*1-2H3/b8-6-,13-11+,14-9+;;. The van der Waals surface area contributed by atoms with Crippen LogP contribution in [0.25, 0.3) is 0 Å². The van der Waals surface area contributed by atoms with Crippen LogP contribution in [-0.2, 0) is 0 Å². The van der Waals surface area contributed by atoms with E-state index in [4.69, 9.17) is 0 Å². The number of hydrogen-bond donors (Lipinski definition) is 0. The van der Waals surface area contributed by atoms with Crippen molar-refractivity contribution in [2.24, 2.45) is 0 Å². The van der Waals surface area contributed by atoms with Crippen molar-refractivity contribution >= 4 is 0 Å². The van der Waals surface area contributed by atoms with Gasteiger partial charge in [-0.05, 0) is 45.3 Å². The van der Waals surface area contributed by atoms with Gasteiger partial charge in [0.15, 0.2) is 0 Å². The molecule has 0 amide bonds. The van der Waals surface area contributed by atoms with Crippen molar-refractivity contribution < 1.29 is 0 Å². The highest BCUT2D eigenvalue weighted by molar-refractivity contribution is 5.34. The first-order chi connectivity index (χ1) is 8.61. The zero-order chi connectivity index (χ0) is 15.0. The third kappa shape index (κ3) is 15.0. The van der Waals surface area contributed by atoms with Gasteiger partial charge in [-0.2, -0.15) is 0 Å². The number of hydrogen-bond acceptors (Lipinski definition) is 0. The minimum atomic E-state index is 1.09. The first-order valence-electron chi connectivity index (χ1n) is 7.25. The second kappa shape index (κ2) is 18.3. The molecule has 0 bridgehead atoms. The molecule has 0 unspecified atom stereocenters. The average Bonchev–Trinajstić information content (AvgIpc) is 2.41. The lowest BCUT2D eigenvalue weighted by Gasteiger charge is -2.02. The molecule has 0 aliphatic heterocycles. The fourth-order valence-electron chi connectivity index (χ4n) is 1.14. The molecule has 0 aliphatic carbocycles. The quantitative estimate of drug-likeness (QED) is 0.478. The van der Waals surface area contributed by atoms with Crippen LogP contribution in [0.5, 0.6) is 0 Å². The molecule has 0 nitrogen and oxygen atoms in total. The molecule has 0 aromatic carbocycles. The van der Waals surface area contributed by atoms with Crippen molar-refractivity contribution in [1.82, 2.24) is 0 Å². The van der Waals surface area contributed by atoms with E-state index in [2.05, 4.69) is 58.1 Å². The molecule has 0 heterocycles. The zero-order valence-corrected chi connectivity index (χ0v) is 14.1. The first kappa shape index (κ1) is 22.2. The molecule has 18 heavy (non-hydrogen) atoms. The van der Waals surface area contributed by atoms with Gasteiger partial charge in [0.25, 0.3) is 0 Å². The maximum Gasteiger partial charge on any atom is -0.0305 e. The fourth-order valence-corrected chi connectivity index (χ4v) is 1.14. The maximum atomic E-state index is 2.19. The van der Waals surface area contributed by atoms with E-state index in [1.165, 1.54) is 16.7 Å². The summed E-state index contributed by atoms with van der Waals surface area (Å²) in [4.78, 5) is 0. The SMILES string of the molecule is CC.CC.C\C=C/C=C(CC)/C(C)=C/C=C(C)C. The molecule has 0 fully saturated rings. The lowest BCUT2D eigenvalue weighted by molar-refractivity contribution is 1.10. The maximum absolute atomic E-state index is 2.19. The van der Waals surface area contributed by atoms with Crippen LogP contribution in [0.4, 0.5) is 0 Å². The molecule has 0 saturated carbocycles. The van der Waals surface area contributed by atoms with Gasteiger partial charge in [0.1, 0.15) is 0 Å². The summed E-state index contributed by atoms with van der Waals surface area (Å²) in [7, 11) is 0. The Morgan fingerprint density at radius 1 is 0.833 bits per heavy atom. The molecule has 0 aromatic rings. The number of rotatable bonds is 4. The molecule has 0 N–H and O–H groups in total. The summed E-state index contributed by atoms with van der Waals surface area (Å²) in [6.45, 7) is 18.6. The third-order valence-electron chi connectivity index (χ3n) is 2.04. The molecular formula is C18H34. The van der Waals surface area contributed by atoms with Gasteiger partial charge in [0.2, 0.25) is 0 Å². The van der Waals surface area contributed by atoms with Gasteiger partial charge in [-0.3, -0.25) is 0 Å². The van der Waals surface area contributed by atoms with Crippen LogP contribution in [0, 0.1) is 0 Å². The van der Waals surface area contributed by atoms with E-state index < -0.39 is 0 Å². The molecule has 0 aromatic heterocycles. The van der Waals surface area contributed by atoms with Crippen molar-refractivity contribution in [3.8, 4) is 0 Å². The van der Waals surface area contributed by atoms with Crippen LogP contribution >= 0.6 is 0 Å². The average molecular weight is 250 g/mol. The van der Waals surface area contributed by atoms with Crippen LogP contribution in [0.3, 0.4) is 0 Å². The van der Waals surface area contributed by atoms with Gasteiger partial charge < -0.3 is 0 Å². The molecule has 0 saturated heterocycles. The summed E-state index contributed by atoms with van der Waals surface area (Å²) in [6.07, 6.45) is 11.8. The predicted octanol–water partition coefficient (Wildman–Crippen LogP) is 6.86. The Balaban J connectivity index is -0.000000506. The Kier molecular flexibility index (Phi) is 22.6. The molecule has 0 rings (SSSR count). The summed E-state index contributed by atoms with van der Waals surface area (Å²) in [5.41, 5.74) is 4.10. The van der Waals surface area contributed by atoms with E-state index in [-0.39, 0.29) is 0 Å². The van der Waals surface area contributed by atoms with E-state index >= 15 is 0 Å². The Hall–Kier alpha value is -1.04. The van der Waals surface area contributed by atoms with Crippen molar-refractivity contribution in [2.45, 2.75) is 68.7 Å². The van der Waals surface area contributed by atoms with E-state index in [1.54, 1.807) is 0 Å². The van der Waals surface area contributed by atoms with E-state index in [0.717, 1.165) is 6.42 Å². The van der Waals surface area contributed by atoms with Gasteiger partial charge in [-0.1, -0.05) is 70.6 Å². The highest BCUT2D eigenvalue weighted by Crippen LogP contribution is 2.13. The summed E-state index contributed by atoms with van der Waals surface area (Å²) >= 11 is 0. The van der Waals surface area contributed by atoms with Crippen molar-refractivity contribution in [2.75, 3.05) is 0 Å². The third-order valence-corrected chi connectivity index (χ3v) is 2.04. The van der Waals surface area contributed by atoms with Crippen molar-refractivity contribution in [1.29, 1.82) is 0 Å². The van der Waals surface area contributed by atoms with E-state index in [1.807, 2.05) is 34.6 Å². The molecule has 0 aliphatic rings. The fraction of sp³-hybridized carbons (Fsp3) is 0.556. The highest BCUT2D eigenvalue weighted by atomic mass is 14.0. The number of allylic oxidation sites excluding steroid dienone is 8. The molecule has 0 heteroatoms. The van der Waals surface area contributed by atoms with Crippen LogP contribution in [0.15, 0.2) is 47.1 Å². The normalized spacial score (nSPS) is 11.2. The van der Waals surface area contributed by atoms with E-state index in [9.17, 15) is 0 Å².